The van der Waals surface area contributed by atoms with Crippen molar-refractivity contribution in [1.29, 1.82) is 0 Å². The van der Waals surface area contributed by atoms with E-state index in [1.807, 2.05) is 54.2 Å². The van der Waals surface area contributed by atoms with Crippen LogP contribution in [0.3, 0.4) is 0 Å². The van der Waals surface area contributed by atoms with Crippen LogP contribution in [0.1, 0.15) is 0 Å². The molecule has 0 fully saturated rings. The highest BCUT2D eigenvalue weighted by molar-refractivity contribution is 7.90. The van der Waals surface area contributed by atoms with Gasteiger partial charge in [-0.2, -0.15) is 14.3 Å². The van der Waals surface area contributed by atoms with E-state index in [9.17, 15) is 9.66 Å². The van der Waals surface area contributed by atoms with E-state index in [1.165, 1.54) is 4.68 Å². The molecule has 25 heavy (non-hydrogen) atoms. The Kier molecular flexibility index (Phi) is 4.38. The van der Waals surface area contributed by atoms with Crippen LogP contribution in [0.5, 0.6) is 5.88 Å². The van der Waals surface area contributed by atoms with Gasteiger partial charge >= 0.3 is 0 Å². The standard InChI is InChI=1S/C18H15N3O2S.H2O/c1-20-11-12-5-3-4-6-15(12)16-17(20)18(22)21(19-16)13-7-9-14(10-8-13)24(2)23;/h3-11H,1-2H3;1H2. The van der Waals surface area contributed by atoms with Crippen molar-refractivity contribution in [2.24, 2.45) is 7.05 Å². The summed E-state index contributed by atoms with van der Waals surface area (Å²) in [5.41, 5.74) is 2.15. The Hall–Kier alpha value is -2.61. The van der Waals surface area contributed by atoms with Gasteiger partial charge in [0.1, 0.15) is 13.3 Å². The fraction of sp³-hybridized carbons (Fsp3) is 0.111. The Labute approximate surface area is 147 Å². The molecule has 2 aromatic heterocycles. The summed E-state index contributed by atoms with van der Waals surface area (Å²) < 4.78 is 14.9. The van der Waals surface area contributed by atoms with Crippen LogP contribution in [0.2, 0.25) is 0 Å². The van der Waals surface area contributed by atoms with Crippen LogP contribution in [0.4, 0.5) is 0 Å². The molecule has 7 heteroatoms. The van der Waals surface area contributed by atoms with Gasteiger partial charge in [0.15, 0.2) is 16.6 Å². The SMILES string of the molecule is C[n+]1cc2ccccc2c2nn(-c3ccc([S+](C)[O-])cc3)c(O)c21.[OH-]. The number of hydrogen-bond donors (Lipinski definition) is 1. The van der Waals surface area contributed by atoms with Gasteiger partial charge in [-0.15, -0.1) is 0 Å². The lowest BCUT2D eigenvalue weighted by molar-refractivity contribution is -0.643. The topological polar surface area (TPSA) is 95.0 Å². The van der Waals surface area contributed by atoms with Gasteiger partial charge < -0.3 is 15.1 Å². The molecule has 128 valence electrons. The zero-order valence-electron chi connectivity index (χ0n) is 13.7. The van der Waals surface area contributed by atoms with Crippen molar-refractivity contribution < 1.29 is 19.7 Å². The van der Waals surface area contributed by atoms with Gasteiger partial charge in [0.2, 0.25) is 0 Å². The summed E-state index contributed by atoms with van der Waals surface area (Å²) in [6, 6.07) is 15.2. The minimum Gasteiger partial charge on any atom is -0.870 e. The summed E-state index contributed by atoms with van der Waals surface area (Å²) >= 11 is -1.03. The molecular formula is C18H17N3O3S. The number of fused-ring (bicyclic) bond motifs is 3. The Bertz CT molecular complexity index is 1060. The number of nitrogens with zero attached hydrogens (tertiary/aromatic N) is 3. The molecule has 2 N–H and O–H groups in total. The minimum absolute atomic E-state index is 0. The Morgan fingerprint density at radius 3 is 2.48 bits per heavy atom. The molecule has 2 aromatic carbocycles. The highest BCUT2D eigenvalue weighted by atomic mass is 32.2. The molecule has 0 aliphatic carbocycles. The number of rotatable bonds is 2. The van der Waals surface area contributed by atoms with E-state index in [0.29, 0.717) is 5.52 Å². The average molecular weight is 355 g/mol. The maximum absolute atomic E-state index is 11.5. The number of aromatic nitrogens is 3. The molecule has 0 spiro atoms. The first kappa shape index (κ1) is 17.2. The summed E-state index contributed by atoms with van der Waals surface area (Å²) in [7, 11) is 1.89. The summed E-state index contributed by atoms with van der Waals surface area (Å²) in [5, 5.41) is 17.4. The smallest absolute Gasteiger partial charge is 0.296 e. The fourth-order valence-electron chi connectivity index (χ4n) is 2.96. The molecule has 0 aliphatic heterocycles. The van der Waals surface area contributed by atoms with E-state index in [0.717, 1.165) is 26.9 Å². The van der Waals surface area contributed by atoms with E-state index < -0.39 is 11.2 Å². The molecule has 6 nitrogen and oxygen atoms in total. The summed E-state index contributed by atoms with van der Waals surface area (Å²) in [5.74, 6) is 0.0867. The second-order valence-corrected chi connectivity index (χ2v) is 7.09. The molecular weight excluding hydrogens is 338 g/mol. The average Bonchev–Trinajstić information content (AvgIpc) is 2.93. The van der Waals surface area contributed by atoms with Gasteiger partial charge in [0.05, 0.1) is 5.69 Å². The second-order valence-electron chi connectivity index (χ2n) is 5.71. The number of benzene rings is 2. The first-order valence-corrected chi connectivity index (χ1v) is 9.05. The lowest BCUT2D eigenvalue weighted by atomic mass is 10.1. The predicted molar refractivity (Wildman–Crippen MR) is 95.7 cm³/mol. The third kappa shape index (κ3) is 2.72. The van der Waals surface area contributed by atoms with Gasteiger partial charge in [-0.05, 0) is 41.5 Å². The number of pyridine rings is 1. The van der Waals surface area contributed by atoms with E-state index in [4.69, 9.17) is 0 Å². The fourth-order valence-corrected chi connectivity index (χ4v) is 3.48. The molecule has 0 radical (unpaired) electrons. The lowest BCUT2D eigenvalue weighted by Gasteiger charge is -2.05. The van der Waals surface area contributed by atoms with Gasteiger partial charge in [0, 0.05) is 10.8 Å². The van der Waals surface area contributed by atoms with Crippen molar-refractivity contribution in [3.8, 4) is 11.6 Å². The molecule has 0 bridgehead atoms. The highest BCUT2D eigenvalue weighted by Crippen LogP contribution is 2.29. The Balaban J connectivity index is 0.00000182. The van der Waals surface area contributed by atoms with E-state index in [2.05, 4.69) is 5.10 Å². The van der Waals surface area contributed by atoms with Crippen molar-refractivity contribution in [2.45, 2.75) is 4.90 Å². The van der Waals surface area contributed by atoms with Crippen LogP contribution in [-0.2, 0) is 18.2 Å². The largest absolute Gasteiger partial charge is 0.870 e. The number of hydrogen-bond acceptors (Lipinski definition) is 4. The van der Waals surface area contributed by atoms with Crippen LogP contribution in [-0.4, -0.2) is 31.2 Å². The van der Waals surface area contributed by atoms with Crippen molar-refractivity contribution in [3.63, 3.8) is 0 Å². The Morgan fingerprint density at radius 2 is 1.80 bits per heavy atom. The maximum Gasteiger partial charge on any atom is 0.296 e. The zero-order chi connectivity index (χ0) is 16.8. The van der Waals surface area contributed by atoms with Crippen molar-refractivity contribution in [1.82, 2.24) is 9.78 Å². The monoisotopic (exact) mass is 355 g/mol. The van der Waals surface area contributed by atoms with E-state index >= 15 is 0 Å². The molecule has 2 heterocycles. The summed E-state index contributed by atoms with van der Waals surface area (Å²) in [6.45, 7) is 0. The predicted octanol–water partition coefficient (Wildman–Crippen LogP) is 2.27. The molecule has 1 unspecified atom stereocenters. The third-order valence-corrected chi connectivity index (χ3v) is 5.09. The van der Waals surface area contributed by atoms with Crippen LogP contribution < -0.4 is 4.57 Å². The van der Waals surface area contributed by atoms with Gasteiger partial charge in [-0.1, -0.05) is 18.2 Å². The van der Waals surface area contributed by atoms with Gasteiger partial charge in [-0.25, -0.2) is 0 Å². The van der Waals surface area contributed by atoms with Crippen LogP contribution in [0.25, 0.3) is 27.5 Å². The number of aryl methyl sites for hydroxylation is 1. The molecule has 0 saturated carbocycles. The summed E-state index contributed by atoms with van der Waals surface area (Å²) in [4.78, 5) is 0.742. The van der Waals surface area contributed by atoms with Crippen molar-refractivity contribution >= 4 is 33.0 Å². The molecule has 0 saturated heterocycles. The van der Waals surface area contributed by atoms with Crippen LogP contribution in [0.15, 0.2) is 59.6 Å². The minimum atomic E-state index is -1.03. The zero-order valence-corrected chi connectivity index (χ0v) is 14.6. The van der Waals surface area contributed by atoms with Crippen molar-refractivity contribution in [2.75, 3.05) is 6.26 Å². The van der Waals surface area contributed by atoms with Gasteiger partial charge in [0.25, 0.3) is 11.4 Å². The van der Waals surface area contributed by atoms with Crippen molar-refractivity contribution in [3.05, 3.63) is 54.7 Å². The first-order chi connectivity index (χ1) is 11.6. The van der Waals surface area contributed by atoms with E-state index in [-0.39, 0.29) is 11.4 Å². The molecule has 0 amide bonds. The molecule has 4 aromatic rings. The van der Waals surface area contributed by atoms with Crippen LogP contribution in [0, 0.1) is 0 Å². The molecule has 4 rings (SSSR count). The second kappa shape index (κ2) is 6.36. The quantitative estimate of drug-likeness (QED) is 0.441. The molecule has 1 atom stereocenters. The van der Waals surface area contributed by atoms with E-state index in [1.54, 1.807) is 18.4 Å². The van der Waals surface area contributed by atoms with Crippen LogP contribution >= 0.6 is 0 Å². The highest BCUT2D eigenvalue weighted by Gasteiger charge is 2.22. The van der Waals surface area contributed by atoms with Gasteiger partial charge in [-0.3, -0.25) is 0 Å². The maximum atomic E-state index is 11.5. The number of aromatic hydroxyl groups is 1. The Morgan fingerprint density at radius 1 is 1.12 bits per heavy atom. The lowest BCUT2D eigenvalue weighted by Crippen LogP contribution is -2.27. The normalized spacial score (nSPS) is 12.3. The summed E-state index contributed by atoms with van der Waals surface area (Å²) in [6.07, 6.45) is 3.62. The third-order valence-electron chi connectivity index (χ3n) is 4.15. The first-order valence-electron chi connectivity index (χ1n) is 7.49. The molecule has 0 aliphatic rings.